The molecule has 2 aromatic heterocycles. The smallest absolute Gasteiger partial charge is 0.416 e. The van der Waals surface area contributed by atoms with E-state index in [9.17, 15) is 17.6 Å². The van der Waals surface area contributed by atoms with E-state index in [2.05, 4.69) is 20.1 Å². The fraction of sp³-hybridized carbons (Fsp3) is 0.238. The van der Waals surface area contributed by atoms with E-state index in [0.29, 0.717) is 24.3 Å². The summed E-state index contributed by atoms with van der Waals surface area (Å²) in [4.78, 5) is 17.5. The van der Waals surface area contributed by atoms with Gasteiger partial charge in [-0.3, -0.25) is 0 Å². The number of carboxylic acid groups (broad SMARTS) is 1. The third kappa shape index (κ3) is 5.48. The predicted molar refractivity (Wildman–Crippen MR) is 110 cm³/mol. The van der Waals surface area contributed by atoms with E-state index in [1.807, 2.05) is 30.1 Å². The number of aromatic nitrogens is 3. The Hall–Kier alpha value is -3.76. The van der Waals surface area contributed by atoms with Crippen LogP contribution in [0.1, 0.15) is 11.3 Å². The van der Waals surface area contributed by atoms with E-state index < -0.39 is 24.4 Å². The van der Waals surface area contributed by atoms with Crippen molar-refractivity contribution in [3.63, 3.8) is 0 Å². The zero-order valence-corrected chi connectivity index (χ0v) is 16.9. The molecule has 7 nitrogen and oxygen atoms in total. The van der Waals surface area contributed by atoms with Crippen LogP contribution in [0.2, 0.25) is 0 Å². The summed E-state index contributed by atoms with van der Waals surface area (Å²) in [6.07, 6.45) is -1.16. The number of hydrogen-bond acceptors (Lipinski definition) is 6. The number of carbonyl (C=O) groups is 1. The summed E-state index contributed by atoms with van der Waals surface area (Å²) < 4.78 is 49.6. The quantitative estimate of drug-likeness (QED) is 0.603. The Labute approximate surface area is 181 Å². The van der Waals surface area contributed by atoms with Crippen molar-refractivity contribution in [2.75, 3.05) is 30.2 Å². The van der Waals surface area contributed by atoms with Crippen molar-refractivity contribution in [2.45, 2.75) is 12.7 Å². The summed E-state index contributed by atoms with van der Waals surface area (Å²) in [7, 11) is 1.92. The van der Waals surface area contributed by atoms with Crippen LogP contribution in [0.5, 0.6) is 0 Å². The fourth-order valence-electron chi connectivity index (χ4n) is 3.15. The highest BCUT2D eigenvalue weighted by Crippen LogP contribution is 2.38. The minimum atomic E-state index is -4.38. The summed E-state index contributed by atoms with van der Waals surface area (Å²) in [6.45, 7) is -0.121. The molecule has 1 aliphatic rings. The highest BCUT2D eigenvalue weighted by atomic mass is 19.4. The standard InChI is InChI=1S/C19H16F3N5.C2H3FO2/c1-26-12-27(11-16-6-3-7-24-25-16)17-9-14(10-23-18(17)26)13-4-2-5-15(8-13)19(20,21)22;3-1-2(4)5/h2-10H,11-12H2,1H3;1H2,(H,4,5). The average molecular weight is 449 g/mol. The molecule has 1 aliphatic heterocycles. The van der Waals surface area contributed by atoms with Crippen LogP contribution in [0.4, 0.5) is 29.1 Å². The zero-order chi connectivity index (χ0) is 23.3. The predicted octanol–water partition coefficient (Wildman–Crippen LogP) is 4.01. The minimum absolute atomic E-state index is 0.481. The molecule has 0 radical (unpaired) electrons. The molecular formula is C21H19F4N5O2. The van der Waals surface area contributed by atoms with Gasteiger partial charge in [0, 0.05) is 25.0 Å². The Morgan fingerprint density at radius 2 is 1.91 bits per heavy atom. The molecule has 0 fully saturated rings. The van der Waals surface area contributed by atoms with Crippen LogP contribution in [-0.4, -0.2) is 46.6 Å². The van der Waals surface area contributed by atoms with Crippen LogP contribution in [-0.2, 0) is 17.5 Å². The number of pyridine rings is 1. The largest absolute Gasteiger partial charge is 0.479 e. The number of nitrogens with zero attached hydrogens (tertiary/aromatic N) is 5. The van der Waals surface area contributed by atoms with Gasteiger partial charge in [0.25, 0.3) is 0 Å². The van der Waals surface area contributed by atoms with Gasteiger partial charge in [-0.2, -0.15) is 23.4 Å². The lowest BCUT2D eigenvalue weighted by Gasteiger charge is -2.18. The van der Waals surface area contributed by atoms with E-state index in [-0.39, 0.29) is 0 Å². The number of hydrogen-bond donors (Lipinski definition) is 1. The molecule has 0 amide bonds. The first kappa shape index (κ1) is 22.9. The Morgan fingerprint density at radius 1 is 1.16 bits per heavy atom. The van der Waals surface area contributed by atoms with Gasteiger partial charge in [-0.25, -0.2) is 14.2 Å². The van der Waals surface area contributed by atoms with E-state index >= 15 is 0 Å². The Morgan fingerprint density at radius 3 is 2.53 bits per heavy atom. The molecular weight excluding hydrogens is 430 g/mol. The monoisotopic (exact) mass is 449 g/mol. The lowest BCUT2D eigenvalue weighted by Crippen LogP contribution is -2.28. The maximum Gasteiger partial charge on any atom is 0.416 e. The molecule has 3 heterocycles. The number of halogens is 4. The summed E-state index contributed by atoms with van der Waals surface area (Å²) >= 11 is 0. The maximum absolute atomic E-state index is 13.0. The van der Waals surface area contributed by atoms with Gasteiger partial charge < -0.3 is 14.9 Å². The summed E-state index contributed by atoms with van der Waals surface area (Å²) in [5, 5.41) is 15.3. The molecule has 3 aromatic rings. The van der Waals surface area contributed by atoms with Crippen molar-refractivity contribution in [2.24, 2.45) is 0 Å². The molecule has 0 aliphatic carbocycles. The van der Waals surface area contributed by atoms with E-state index in [4.69, 9.17) is 9.90 Å². The van der Waals surface area contributed by atoms with E-state index in [0.717, 1.165) is 29.3 Å². The first-order valence-corrected chi connectivity index (χ1v) is 9.37. The molecule has 0 saturated heterocycles. The van der Waals surface area contributed by atoms with Gasteiger partial charge in [-0.1, -0.05) is 12.1 Å². The van der Waals surface area contributed by atoms with Crippen LogP contribution in [0.3, 0.4) is 0 Å². The molecule has 1 N–H and O–H groups in total. The summed E-state index contributed by atoms with van der Waals surface area (Å²) in [6, 6.07) is 10.9. The van der Waals surface area contributed by atoms with Crippen molar-refractivity contribution >= 4 is 17.5 Å². The molecule has 0 atom stereocenters. The van der Waals surface area contributed by atoms with Crippen LogP contribution in [0.15, 0.2) is 54.9 Å². The lowest BCUT2D eigenvalue weighted by molar-refractivity contribution is -0.138. The average Bonchev–Trinajstić information content (AvgIpc) is 3.09. The van der Waals surface area contributed by atoms with Crippen LogP contribution in [0.25, 0.3) is 11.1 Å². The van der Waals surface area contributed by atoms with Crippen molar-refractivity contribution < 1.29 is 27.5 Å². The van der Waals surface area contributed by atoms with Gasteiger partial charge in [0.1, 0.15) is 0 Å². The normalized spacial score (nSPS) is 12.8. The Kier molecular flexibility index (Phi) is 6.86. The summed E-state index contributed by atoms with van der Waals surface area (Å²) in [5.74, 6) is -0.625. The number of anilines is 2. The number of carboxylic acids is 1. The van der Waals surface area contributed by atoms with Crippen LogP contribution < -0.4 is 9.80 Å². The molecule has 168 valence electrons. The van der Waals surface area contributed by atoms with E-state index in [1.165, 1.54) is 6.07 Å². The van der Waals surface area contributed by atoms with Crippen molar-refractivity contribution in [3.05, 3.63) is 66.1 Å². The molecule has 0 bridgehead atoms. The first-order valence-electron chi connectivity index (χ1n) is 9.37. The highest BCUT2D eigenvalue weighted by molar-refractivity contribution is 5.78. The molecule has 11 heteroatoms. The van der Waals surface area contributed by atoms with Gasteiger partial charge in [0.2, 0.25) is 0 Å². The van der Waals surface area contributed by atoms with Gasteiger partial charge in [-0.05, 0) is 35.9 Å². The second-order valence-corrected chi connectivity index (χ2v) is 6.92. The molecule has 0 spiro atoms. The molecule has 4 rings (SSSR count). The number of fused-ring (bicyclic) bond motifs is 1. The third-order valence-electron chi connectivity index (χ3n) is 4.55. The van der Waals surface area contributed by atoms with Gasteiger partial charge >= 0.3 is 12.1 Å². The fourth-order valence-corrected chi connectivity index (χ4v) is 3.15. The molecule has 0 unspecified atom stereocenters. The SMILES string of the molecule is CN1CN(Cc2cccnn2)c2cc(-c3cccc(C(F)(F)F)c3)cnc21.O=C(O)CF. The van der Waals surface area contributed by atoms with Crippen molar-refractivity contribution in [1.82, 2.24) is 15.2 Å². The second kappa shape index (κ2) is 9.58. The number of rotatable bonds is 4. The van der Waals surface area contributed by atoms with Crippen LogP contribution in [0, 0.1) is 0 Å². The number of aliphatic carboxylic acids is 1. The van der Waals surface area contributed by atoms with Gasteiger partial charge in [0.15, 0.2) is 12.5 Å². The Balaban J connectivity index is 0.000000523. The number of benzene rings is 1. The minimum Gasteiger partial charge on any atom is -0.479 e. The third-order valence-corrected chi connectivity index (χ3v) is 4.55. The van der Waals surface area contributed by atoms with Crippen molar-refractivity contribution in [1.29, 1.82) is 0 Å². The highest BCUT2D eigenvalue weighted by Gasteiger charge is 2.31. The maximum atomic E-state index is 13.0. The van der Waals surface area contributed by atoms with Gasteiger partial charge in [0.05, 0.1) is 30.2 Å². The first-order chi connectivity index (χ1) is 15.2. The Bertz CT molecular complexity index is 1080. The van der Waals surface area contributed by atoms with Crippen molar-refractivity contribution in [3.8, 4) is 11.1 Å². The van der Waals surface area contributed by atoms with Gasteiger partial charge in [-0.15, -0.1) is 0 Å². The topological polar surface area (TPSA) is 82.5 Å². The summed E-state index contributed by atoms with van der Waals surface area (Å²) in [5.41, 5.74) is 2.11. The molecule has 0 saturated carbocycles. The second-order valence-electron chi connectivity index (χ2n) is 6.92. The zero-order valence-electron chi connectivity index (χ0n) is 16.9. The lowest BCUT2D eigenvalue weighted by atomic mass is 10.0. The van der Waals surface area contributed by atoms with Crippen LogP contribution >= 0.6 is 0 Å². The van der Waals surface area contributed by atoms with E-state index in [1.54, 1.807) is 18.5 Å². The number of alkyl halides is 4. The molecule has 32 heavy (non-hydrogen) atoms. The molecule has 1 aromatic carbocycles.